The highest BCUT2D eigenvalue weighted by Crippen LogP contribution is 2.24. The van der Waals surface area contributed by atoms with Gasteiger partial charge >= 0.3 is 0 Å². The van der Waals surface area contributed by atoms with E-state index in [0.29, 0.717) is 24.7 Å². The van der Waals surface area contributed by atoms with E-state index in [2.05, 4.69) is 10.5 Å². The lowest BCUT2D eigenvalue weighted by Gasteiger charge is -2.13. The first-order chi connectivity index (χ1) is 12.1. The molecule has 7 heteroatoms. The summed E-state index contributed by atoms with van der Waals surface area (Å²) in [6, 6.07) is 9.43. The Bertz CT molecular complexity index is 754. The summed E-state index contributed by atoms with van der Waals surface area (Å²) in [4.78, 5) is 25.9. The lowest BCUT2D eigenvalue weighted by Crippen LogP contribution is -2.34. The number of hydrogen-bond donors (Lipinski definition) is 1. The minimum atomic E-state index is -0.361. The summed E-state index contributed by atoms with van der Waals surface area (Å²) in [5, 5.41) is 6.75. The van der Waals surface area contributed by atoms with Crippen LogP contribution >= 0.6 is 0 Å². The third kappa shape index (κ3) is 3.99. The molecule has 0 radical (unpaired) electrons. The maximum Gasteiger partial charge on any atom is 0.229 e. The number of methoxy groups -OCH3 is 1. The van der Waals surface area contributed by atoms with E-state index in [1.165, 1.54) is 4.90 Å². The van der Waals surface area contributed by atoms with Crippen LogP contribution in [0, 0.1) is 12.8 Å². The zero-order valence-corrected chi connectivity index (χ0v) is 14.3. The number of nitrogens with one attached hydrogen (secondary N) is 1. The monoisotopic (exact) mass is 343 g/mol. The molecule has 0 spiro atoms. The third-order valence-electron chi connectivity index (χ3n) is 4.26. The van der Waals surface area contributed by atoms with E-state index in [1.807, 2.05) is 24.3 Å². The van der Waals surface area contributed by atoms with Gasteiger partial charge in [-0.25, -0.2) is 0 Å². The van der Waals surface area contributed by atoms with Gasteiger partial charge in [-0.2, -0.15) is 0 Å². The molecule has 7 nitrogen and oxygen atoms in total. The van der Waals surface area contributed by atoms with Crippen molar-refractivity contribution in [3.8, 4) is 5.75 Å². The summed E-state index contributed by atoms with van der Waals surface area (Å²) in [7, 11) is 1.63. The van der Waals surface area contributed by atoms with Crippen LogP contribution in [0.3, 0.4) is 0 Å². The molecule has 1 unspecified atom stereocenters. The van der Waals surface area contributed by atoms with Crippen molar-refractivity contribution in [1.29, 1.82) is 0 Å². The summed E-state index contributed by atoms with van der Waals surface area (Å²) in [6.45, 7) is 2.62. The van der Waals surface area contributed by atoms with Crippen molar-refractivity contribution in [3.05, 3.63) is 41.7 Å². The molecule has 1 aliphatic rings. The van der Waals surface area contributed by atoms with Crippen LogP contribution in [0.2, 0.25) is 0 Å². The smallest absolute Gasteiger partial charge is 0.229 e. The Morgan fingerprint density at radius 1 is 1.40 bits per heavy atom. The normalized spacial score (nSPS) is 17.0. The van der Waals surface area contributed by atoms with Crippen molar-refractivity contribution >= 4 is 17.6 Å². The molecule has 0 saturated carbocycles. The van der Waals surface area contributed by atoms with E-state index in [4.69, 9.17) is 9.26 Å². The summed E-state index contributed by atoms with van der Waals surface area (Å²) in [6.07, 6.45) is 0.920. The van der Waals surface area contributed by atoms with Gasteiger partial charge in [0.05, 0.1) is 13.0 Å². The first-order valence-electron chi connectivity index (χ1n) is 8.21. The van der Waals surface area contributed by atoms with Crippen molar-refractivity contribution in [1.82, 2.24) is 10.5 Å². The molecule has 2 aromatic rings. The summed E-state index contributed by atoms with van der Waals surface area (Å²) < 4.78 is 10.1. The van der Waals surface area contributed by atoms with E-state index < -0.39 is 0 Å². The van der Waals surface area contributed by atoms with Crippen LogP contribution in [0.5, 0.6) is 5.75 Å². The molecule has 0 bridgehead atoms. The van der Waals surface area contributed by atoms with Crippen molar-refractivity contribution in [2.24, 2.45) is 5.92 Å². The Morgan fingerprint density at radius 2 is 2.16 bits per heavy atom. The molecular formula is C18H21N3O4. The van der Waals surface area contributed by atoms with Gasteiger partial charge in [0.2, 0.25) is 11.8 Å². The zero-order chi connectivity index (χ0) is 17.8. The topological polar surface area (TPSA) is 84.7 Å². The lowest BCUT2D eigenvalue weighted by molar-refractivity contribution is -0.126. The standard InChI is InChI=1S/C18H21N3O4/c1-12-9-16(20-25-12)21-11-14(10-17(21)22)18(23)19-8-7-13-3-5-15(24-2)6-4-13/h3-6,9,14H,7-8,10-11H2,1-2H3,(H,19,23). The highest BCUT2D eigenvalue weighted by Gasteiger charge is 2.36. The number of benzene rings is 1. The Balaban J connectivity index is 1.49. The molecule has 2 heterocycles. The lowest BCUT2D eigenvalue weighted by atomic mass is 10.1. The van der Waals surface area contributed by atoms with Gasteiger partial charge in [-0.3, -0.25) is 14.5 Å². The Kier molecular flexibility index (Phi) is 5.02. The first kappa shape index (κ1) is 17.0. The van der Waals surface area contributed by atoms with Crippen molar-refractivity contribution in [2.75, 3.05) is 25.1 Å². The van der Waals surface area contributed by atoms with Crippen LogP contribution in [0.4, 0.5) is 5.82 Å². The summed E-state index contributed by atoms with van der Waals surface area (Å²) in [5.74, 6) is 1.33. The Labute approximate surface area is 145 Å². The Hall–Kier alpha value is -2.83. The van der Waals surface area contributed by atoms with E-state index in [9.17, 15) is 9.59 Å². The fraction of sp³-hybridized carbons (Fsp3) is 0.389. The average molecular weight is 343 g/mol. The molecule has 1 fully saturated rings. The fourth-order valence-corrected chi connectivity index (χ4v) is 2.85. The van der Waals surface area contributed by atoms with Gasteiger partial charge in [0.1, 0.15) is 11.5 Å². The van der Waals surface area contributed by atoms with Crippen molar-refractivity contribution < 1.29 is 18.8 Å². The molecule has 3 rings (SSSR count). The molecule has 1 atom stereocenters. The number of ether oxygens (including phenoxy) is 1. The van der Waals surface area contributed by atoms with Crippen LogP contribution in [-0.2, 0) is 16.0 Å². The van der Waals surface area contributed by atoms with E-state index in [1.54, 1.807) is 20.1 Å². The molecule has 1 aromatic heterocycles. The third-order valence-corrected chi connectivity index (χ3v) is 4.26. The molecule has 1 N–H and O–H groups in total. The second kappa shape index (κ2) is 7.38. The number of nitrogens with zero attached hydrogens (tertiary/aromatic N) is 2. The van der Waals surface area contributed by atoms with Gasteiger partial charge in [0, 0.05) is 25.6 Å². The van der Waals surface area contributed by atoms with Crippen LogP contribution < -0.4 is 15.0 Å². The van der Waals surface area contributed by atoms with Crippen molar-refractivity contribution in [3.63, 3.8) is 0 Å². The predicted octanol–water partition coefficient (Wildman–Crippen LogP) is 1.70. The minimum Gasteiger partial charge on any atom is -0.497 e. The quantitative estimate of drug-likeness (QED) is 0.863. The second-order valence-electron chi connectivity index (χ2n) is 6.09. The van der Waals surface area contributed by atoms with Gasteiger partial charge in [-0.05, 0) is 31.0 Å². The number of carbonyl (C=O) groups is 2. The van der Waals surface area contributed by atoms with Gasteiger partial charge < -0.3 is 14.6 Å². The van der Waals surface area contributed by atoms with Gasteiger partial charge in [-0.15, -0.1) is 0 Å². The number of rotatable bonds is 6. The average Bonchev–Trinajstić information content (AvgIpc) is 3.21. The van der Waals surface area contributed by atoms with E-state index in [-0.39, 0.29) is 24.2 Å². The fourth-order valence-electron chi connectivity index (χ4n) is 2.85. The number of aryl methyl sites for hydroxylation is 1. The summed E-state index contributed by atoms with van der Waals surface area (Å²) >= 11 is 0. The molecule has 132 valence electrons. The molecular weight excluding hydrogens is 322 g/mol. The van der Waals surface area contributed by atoms with E-state index in [0.717, 1.165) is 17.7 Å². The molecule has 25 heavy (non-hydrogen) atoms. The van der Waals surface area contributed by atoms with Gasteiger partial charge in [0.15, 0.2) is 5.82 Å². The first-order valence-corrected chi connectivity index (χ1v) is 8.21. The number of amides is 2. The predicted molar refractivity (Wildman–Crippen MR) is 91.4 cm³/mol. The van der Waals surface area contributed by atoms with Crippen LogP contribution in [-0.4, -0.2) is 37.2 Å². The molecule has 1 saturated heterocycles. The number of carbonyl (C=O) groups excluding carboxylic acids is 2. The largest absolute Gasteiger partial charge is 0.497 e. The van der Waals surface area contributed by atoms with Crippen LogP contribution in [0.15, 0.2) is 34.9 Å². The van der Waals surface area contributed by atoms with Gasteiger partial charge in [0.25, 0.3) is 0 Å². The number of anilines is 1. The van der Waals surface area contributed by atoms with Gasteiger partial charge in [-0.1, -0.05) is 17.3 Å². The molecule has 2 amide bonds. The highest BCUT2D eigenvalue weighted by atomic mass is 16.5. The number of hydrogen-bond acceptors (Lipinski definition) is 5. The summed E-state index contributed by atoms with van der Waals surface area (Å²) in [5.41, 5.74) is 1.11. The minimum absolute atomic E-state index is 0.107. The van der Waals surface area contributed by atoms with Crippen molar-refractivity contribution in [2.45, 2.75) is 19.8 Å². The van der Waals surface area contributed by atoms with Crippen LogP contribution in [0.25, 0.3) is 0 Å². The zero-order valence-electron chi connectivity index (χ0n) is 14.3. The molecule has 1 aromatic carbocycles. The van der Waals surface area contributed by atoms with E-state index >= 15 is 0 Å². The molecule has 0 aliphatic carbocycles. The number of aromatic nitrogens is 1. The Morgan fingerprint density at radius 3 is 2.80 bits per heavy atom. The highest BCUT2D eigenvalue weighted by molar-refractivity contribution is 5.99. The maximum absolute atomic E-state index is 12.3. The second-order valence-corrected chi connectivity index (χ2v) is 6.09. The molecule has 1 aliphatic heterocycles. The van der Waals surface area contributed by atoms with Crippen LogP contribution in [0.1, 0.15) is 17.7 Å². The SMILES string of the molecule is COc1ccc(CCNC(=O)C2CC(=O)N(c3cc(C)on3)C2)cc1. The maximum atomic E-state index is 12.3.